The van der Waals surface area contributed by atoms with Gasteiger partial charge in [0.2, 0.25) is 0 Å². The highest BCUT2D eigenvalue weighted by Gasteiger charge is 2.39. The van der Waals surface area contributed by atoms with E-state index in [9.17, 15) is 0 Å². The molecule has 2 heterocycles. The zero-order valence-electron chi connectivity index (χ0n) is 26.4. The summed E-state index contributed by atoms with van der Waals surface area (Å²) in [5.41, 5.74) is 15.1. The molecule has 0 saturated carbocycles. The predicted octanol–water partition coefficient (Wildman–Crippen LogP) is 11.9. The van der Waals surface area contributed by atoms with Crippen molar-refractivity contribution in [3.8, 4) is 33.6 Å². The van der Waals surface area contributed by atoms with Crippen LogP contribution < -0.4 is 0 Å². The van der Waals surface area contributed by atoms with Gasteiger partial charge in [-0.2, -0.15) is 0 Å². The SMILES string of the molecule is CC1(C)c2cc3c(cc2-c2ccc4c(c21)c1ccccc1n4-c1ccccc1)c1ccccc1n3-c1ccc(-c2ccccc2)cc1. The lowest BCUT2D eigenvalue weighted by molar-refractivity contribution is 0.667. The molecule has 0 fully saturated rings. The van der Waals surface area contributed by atoms with Crippen molar-refractivity contribution in [1.29, 1.82) is 0 Å². The third-order valence-electron chi connectivity index (χ3n) is 10.5. The molecule has 9 aromatic rings. The van der Waals surface area contributed by atoms with Gasteiger partial charge in [0.25, 0.3) is 0 Å². The second-order valence-corrected chi connectivity index (χ2v) is 13.4. The molecule has 0 amide bonds. The van der Waals surface area contributed by atoms with Crippen molar-refractivity contribution in [2.45, 2.75) is 19.3 Å². The lowest BCUT2D eigenvalue weighted by Gasteiger charge is -2.23. The van der Waals surface area contributed by atoms with Gasteiger partial charge in [0.05, 0.1) is 22.1 Å². The molecule has 0 saturated heterocycles. The molecule has 0 atom stereocenters. The number of rotatable bonds is 3. The summed E-state index contributed by atoms with van der Waals surface area (Å²) in [5, 5.41) is 5.24. The molecule has 0 unspecified atom stereocenters. The molecule has 0 N–H and O–H groups in total. The van der Waals surface area contributed by atoms with Crippen molar-refractivity contribution in [2.75, 3.05) is 0 Å². The standard InChI is InChI=1S/C45H32N2/c1-45(2)38-28-42-37(33-17-9-11-19-39(33)47(42)32-23-21-30(22-24-32)29-13-5-3-6-14-29)27-36(38)34-25-26-41-43(44(34)45)35-18-10-12-20-40(35)46(41)31-15-7-4-8-16-31/h3-28H,1-2H3. The second-order valence-electron chi connectivity index (χ2n) is 13.4. The lowest BCUT2D eigenvalue weighted by atomic mass is 9.80. The number of nitrogens with zero attached hydrogens (tertiary/aromatic N) is 2. The topological polar surface area (TPSA) is 9.86 Å². The molecule has 7 aromatic carbocycles. The zero-order valence-corrected chi connectivity index (χ0v) is 26.4. The maximum Gasteiger partial charge on any atom is 0.0544 e. The highest BCUT2D eigenvalue weighted by Crippen LogP contribution is 2.55. The molecule has 1 aliphatic carbocycles. The van der Waals surface area contributed by atoms with Gasteiger partial charge in [-0.05, 0) is 88.0 Å². The van der Waals surface area contributed by atoms with E-state index in [0.717, 1.165) is 0 Å². The van der Waals surface area contributed by atoms with Crippen LogP contribution in [0.3, 0.4) is 0 Å². The van der Waals surface area contributed by atoms with Crippen LogP contribution in [0.25, 0.3) is 77.2 Å². The lowest BCUT2D eigenvalue weighted by Crippen LogP contribution is -2.15. The van der Waals surface area contributed by atoms with Crippen molar-refractivity contribution < 1.29 is 0 Å². The molecule has 0 radical (unpaired) electrons. The largest absolute Gasteiger partial charge is 0.309 e. The highest BCUT2D eigenvalue weighted by atomic mass is 15.0. The fourth-order valence-electron chi connectivity index (χ4n) is 8.39. The number of fused-ring (bicyclic) bond motifs is 10. The third kappa shape index (κ3) is 3.61. The highest BCUT2D eigenvalue weighted by molar-refractivity contribution is 6.16. The molecule has 2 aromatic heterocycles. The van der Waals surface area contributed by atoms with E-state index < -0.39 is 0 Å². The Morgan fingerprint density at radius 3 is 1.72 bits per heavy atom. The average molecular weight is 601 g/mol. The number of aromatic nitrogens is 2. The summed E-state index contributed by atoms with van der Waals surface area (Å²) >= 11 is 0. The summed E-state index contributed by atoms with van der Waals surface area (Å²) in [5.74, 6) is 0. The van der Waals surface area contributed by atoms with E-state index in [0.29, 0.717) is 0 Å². The molecule has 1 aliphatic rings. The molecule has 0 aliphatic heterocycles. The van der Waals surface area contributed by atoms with Crippen LogP contribution >= 0.6 is 0 Å². The fourth-order valence-corrected chi connectivity index (χ4v) is 8.39. The maximum absolute atomic E-state index is 2.48. The Hall–Kier alpha value is -5.86. The number of hydrogen-bond acceptors (Lipinski definition) is 0. The first-order chi connectivity index (χ1) is 23.1. The van der Waals surface area contributed by atoms with Gasteiger partial charge in [0.15, 0.2) is 0 Å². The summed E-state index contributed by atoms with van der Waals surface area (Å²) in [6.45, 7) is 4.83. The van der Waals surface area contributed by atoms with Gasteiger partial charge in [-0.25, -0.2) is 0 Å². The van der Waals surface area contributed by atoms with Gasteiger partial charge in [-0.3, -0.25) is 0 Å². The van der Waals surface area contributed by atoms with Gasteiger partial charge in [-0.15, -0.1) is 0 Å². The van der Waals surface area contributed by atoms with Crippen LogP contribution in [0.1, 0.15) is 25.0 Å². The van der Waals surface area contributed by atoms with Crippen molar-refractivity contribution >= 4 is 43.6 Å². The van der Waals surface area contributed by atoms with Crippen LogP contribution in [-0.4, -0.2) is 9.13 Å². The number of para-hydroxylation sites is 3. The number of benzene rings is 7. The van der Waals surface area contributed by atoms with Crippen LogP contribution in [0, 0.1) is 0 Å². The van der Waals surface area contributed by atoms with E-state index in [1.807, 2.05) is 0 Å². The van der Waals surface area contributed by atoms with Gasteiger partial charge in [0, 0.05) is 38.3 Å². The summed E-state index contributed by atoms with van der Waals surface area (Å²) in [6, 6.07) is 57.8. The molecule has 2 heteroatoms. The predicted molar refractivity (Wildman–Crippen MR) is 198 cm³/mol. The minimum Gasteiger partial charge on any atom is -0.309 e. The van der Waals surface area contributed by atoms with Crippen molar-refractivity contribution in [3.05, 3.63) is 169 Å². The second kappa shape index (κ2) is 9.57. The monoisotopic (exact) mass is 600 g/mol. The molecule has 10 rings (SSSR count). The molecular formula is C45H32N2. The number of hydrogen-bond donors (Lipinski definition) is 0. The molecule has 0 spiro atoms. The first-order valence-corrected chi connectivity index (χ1v) is 16.5. The van der Waals surface area contributed by atoms with Gasteiger partial charge < -0.3 is 9.13 Å². The Kier molecular flexibility index (Phi) is 5.37. The van der Waals surface area contributed by atoms with Gasteiger partial charge in [0.1, 0.15) is 0 Å². The van der Waals surface area contributed by atoms with E-state index in [-0.39, 0.29) is 5.41 Å². The van der Waals surface area contributed by atoms with Gasteiger partial charge in [-0.1, -0.05) is 117 Å². The van der Waals surface area contributed by atoms with Crippen LogP contribution in [0.15, 0.2) is 158 Å². The van der Waals surface area contributed by atoms with Crippen LogP contribution in [0.5, 0.6) is 0 Å². The van der Waals surface area contributed by atoms with E-state index in [4.69, 9.17) is 0 Å². The van der Waals surface area contributed by atoms with Crippen LogP contribution in [-0.2, 0) is 5.41 Å². The zero-order chi connectivity index (χ0) is 31.3. The Morgan fingerprint density at radius 2 is 0.979 bits per heavy atom. The van der Waals surface area contributed by atoms with E-state index >= 15 is 0 Å². The van der Waals surface area contributed by atoms with E-state index in [2.05, 4.69) is 181 Å². The quantitative estimate of drug-likeness (QED) is 0.191. The van der Waals surface area contributed by atoms with Crippen molar-refractivity contribution in [2.24, 2.45) is 0 Å². The van der Waals surface area contributed by atoms with Gasteiger partial charge >= 0.3 is 0 Å². The molecule has 47 heavy (non-hydrogen) atoms. The van der Waals surface area contributed by atoms with Crippen LogP contribution in [0.4, 0.5) is 0 Å². The Balaban J connectivity index is 1.23. The summed E-state index contributed by atoms with van der Waals surface area (Å²) in [7, 11) is 0. The Morgan fingerprint density at radius 1 is 0.404 bits per heavy atom. The van der Waals surface area contributed by atoms with Crippen LogP contribution in [0.2, 0.25) is 0 Å². The minimum absolute atomic E-state index is 0.192. The molecule has 0 bridgehead atoms. The maximum atomic E-state index is 2.48. The fraction of sp³-hybridized carbons (Fsp3) is 0.0667. The smallest absolute Gasteiger partial charge is 0.0544 e. The molecule has 222 valence electrons. The first-order valence-electron chi connectivity index (χ1n) is 16.5. The average Bonchev–Trinajstić information content (AvgIpc) is 3.71. The van der Waals surface area contributed by atoms with E-state index in [1.165, 1.54) is 88.4 Å². The Labute approximate surface area is 273 Å². The molecular weight excluding hydrogens is 569 g/mol. The summed E-state index contributed by atoms with van der Waals surface area (Å²) in [6.07, 6.45) is 0. The summed E-state index contributed by atoms with van der Waals surface area (Å²) < 4.78 is 4.89. The van der Waals surface area contributed by atoms with E-state index in [1.54, 1.807) is 0 Å². The Bertz CT molecular complexity index is 2670. The normalized spacial score (nSPS) is 13.5. The first kappa shape index (κ1) is 26.4. The minimum atomic E-state index is -0.192. The molecule has 2 nitrogen and oxygen atoms in total. The third-order valence-corrected chi connectivity index (χ3v) is 10.5. The van der Waals surface area contributed by atoms with Crippen molar-refractivity contribution in [1.82, 2.24) is 9.13 Å². The summed E-state index contributed by atoms with van der Waals surface area (Å²) in [4.78, 5) is 0. The van der Waals surface area contributed by atoms with Crippen molar-refractivity contribution in [3.63, 3.8) is 0 Å².